The topological polar surface area (TPSA) is 74.2 Å². The van der Waals surface area contributed by atoms with Gasteiger partial charge in [0.25, 0.3) is 0 Å². The zero-order valence-corrected chi connectivity index (χ0v) is 13.5. The highest BCUT2D eigenvalue weighted by molar-refractivity contribution is 5.74. The molecule has 0 aliphatic rings. The number of aryl methyl sites for hydroxylation is 1. The number of methoxy groups -OCH3 is 3. The van der Waals surface area contributed by atoms with Crippen LogP contribution in [0, 0.1) is 0 Å². The van der Waals surface area contributed by atoms with Crippen LogP contribution in [0.5, 0.6) is 17.2 Å². The van der Waals surface area contributed by atoms with E-state index in [1.807, 2.05) is 12.1 Å². The summed E-state index contributed by atoms with van der Waals surface area (Å²) in [6.45, 7) is 1.98. The number of aliphatic hydroxyl groups excluding tert-OH is 1. The molecule has 124 valence electrons. The van der Waals surface area contributed by atoms with Gasteiger partial charge in [-0.15, -0.1) is 0 Å². The summed E-state index contributed by atoms with van der Waals surface area (Å²) in [6, 6.07) is 3.72. The van der Waals surface area contributed by atoms with Crippen LogP contribution in [0.15, 0.2) is 12.1 Å². The Morgan fingerprint density at radius 1 is 1.14 bits per heavy atom. The molecule has 1 N–H and O–H groups in total. The van der Waals surface area contributed by atoms with Crippen molar-refractivity contribution < 1.29 is 28.8 Å². The second kappa shape index (κ2) is 9.15. The van der Waals surface area contributed by atoms with Gasteiger partial charge in [-0.3, -0.25) is 0 Å². The highest BCUT2D eigenvalue weighted by atomic mass is 16.5. The molecule has 0 bridgehead atoms. The molecule has 1 aromatic rings. The maximum Gasteiger partial charge on any atom is 0.334 e. The van der Waals surface area contributed by atoms with Gasteiger partial charge < -0.3 is 24.1 Å². The highest BCUT2D eigenvalue weighted by Crippen LogP contribution is 2.38. The van der Waals surface area contributed by atoms with Gasteiger partial charge in [0.2, 0.25) is 5.75 Å². The van der Waals surface area contributed by atoms with Gasteiger partial charge in [0, 0.05) is 0 Å². The van der Waals surface area contributed by atoms with E-state index in [4.69, 9.17) is 18.9 Å². The number of carbonyl (C=O) groups is 1. The van der Waals surface area contributed by atoms with Crippen LogP contribution in [0.4, 0.5) is 0 Å². The minimum absolute atomic E-state index is 0.267. The van der Waals surface area contributed by atoms with Gasteiger partial charge in [0.15, 0.2) is 17.6 Å². The Balaban J connectivity index is 2.68. The molecule has 0 saturated heterocycles. The number of hydrogen-bond acceptors (Lipinski definition) is 6. The Labute approximate surface area is 130 Å². The average Bonchev–Trinajstić information content (AvgIpc) is 2.53. The lowest BCUT2D eigenvalue weighted by molar-refractivity contribution is -0.153. The van der Waals surface area contributed by atoms with Crippen molar-refractivity contribution in [3.63, 3.8) is 0 Å². The SMILES string of the molecule is CCOC(=O)C(O)CCCc1cc(OC)c(OC)c(OC)c1. The van der Waals surface area contributed by atoms with Crippen LogP contribution in [-0.2, 0) is 16.0 Å². The van der Waals surface area contributed by atoms with Gasteiger partial charge in [-0.25, -0.2) is 4.79 Å². The van der Waals surface area contributed by atoms with E-state index in [-0.39, 0.29) is 6.61 Å². The molecular weight excluding hydrogens is 288 g/mol. The maximum atomic E-state index is 11.3. The van der Waals surface area contributed by atoms with Gasteiger partial charge in [0.1, 0.15) is 0 Å². The molecule has 6 nitrogen and oxygen atoms in total. The third kappa shape index (κ3) is 4.80. The number of esters is 1. The van der Waals surface area contributed by atoms with E-state index in [1.165, 1.54) is 0 Å². The first-order valence-electron chi connectivity index (χ1n) is 7.20. The molecule has 1 rings (SSSR count). The molecule has 0 aliphatic heterocycles. The monoisotopic (exact) mass is 312 g/mol. The standard InChI is InChI=1S/C16H24O6/c1-5-22-16(18)12(17)8-6-7-11-9-13(19-2)15(21-4)14(10-11)20-3/h9-10,12,17H,5-8H2,1-4H3. The van der Waals surface area contributed by atoms with Crippen molar-refractivity contribution in [3.8, 4) is 17.2 Å². The van der Waals surface area contributed by atoms with E-state index >= 15 is 0 Å². The van der Waals surface area contributed by atoms with Crippen LogP contribution in [0.3, 0.4) is 0 Å². The summed E-state index contributed by atoms with van der Waals surface area (Å²) >= 11 is 0. The molecule has 0 amide bonds. The van der Waals surface area contributed by atoms with E-state index in [0.29, 0.717) is 36.5 Å². The lowest BCUT2D eigenvalue weighted by atomic mass is 10.0. The number of hydrogen-bond donors (Lipinski definition) is 1. The molecule has 1 atom stereocenters. The molecular formula is C16H24O6. The van der Waals surface area contributed by atoms with Gasteiger partial charge in [-0.2, -0.15) is 0 Å². The van der Waals surface area contributed by atoms with Crippen molar-refractivity contribution >= 4 is 5.97 Å². The lowest BCUT2D eigenvalue weighted by Gasteiger charge is -2.14. The molecule has 0 aliphatic carbocycles. The summed E-state index contributed by atoms with van der Waals surface area (Å²) < 4.78 is 20.6. The van der Waals surface area contributed by atoms with Crippen LogP contribution >= 0.6 is 0 Å². The van der Waals surface area contributed by atoms with E-state index in [2.05, 4.69) is 0 Å². The molecule has 0 saturated carbocycles. The van der Waals surface area contributed by atoms with Crippen molar-refractivity contribution in [1.29, 1.82) is 0 Å². The van der Waals surface area contributed by atoms with Crippen LogP contribution in [0.2, 0.25) is 0 Å². The number of rotatable bonds is 9. The van der Waals surface area contributed by atoms with E-state index < -0.39 is 12.1 Å². The molecule has 22 heavy (non-hydrogen) atoms. The van der Waals surface area contributed by atoms with Crippen molar-refractivity contribution in [1.82, 2.24) is 0 Å². The second-order valence-electron chi connectivity index (χ2n) is 4.69. The Morgan fingerprint density at radius 3 is 2.18 bits per heavy atom. The summed E-state index contributed by atoms with van der Waals surface area (Å²) in [4.78, 5) is 11.3. The van der Waals surface area contributed by atoms with Crippen molar-refractivity contribution in [2.45, 2.75) is 32.3 Å². The molecule has 0 heterocycles. The normalized spacial score (nSPS) is 11.7. The molecule has 1 aromatic carbocycles. The van der Waals surface area contributed by atoms with Crippen molar-refractivity contribution in [2.75, 3.05) is 27.9 Å². The average molecular weight is 312 g/mol. The fourth-order valence-electron chi connectivity index (χ4n) is 2.14. The Morgan fingerprint density at radius 2 is 1.73 bits per heavy atom. The minimum Gasteiger partial charge on any atom is -0.493 e. The number of ether oxygens (including phenoxy) is 4. The smallest absolute Gasteiger partial charge is 0.334 e. The van der Waals surface area contributed by atoms with Crippen LogP contribution < -0.4 is 14.2 Å². The fraction of sp³-hybridized carbons (Fsp3) is 0.562. The molecule has 6 heteroatoms. The Bertz CT molecular complexity index is 461. The number of benzene rings is 1. The Kier molecular flexibility index (Phi) is 7.52. The summed E-state index contributed by atoms with van der Waals surface area (Å²) in [5, 5.41) is 9.67. The summed E-state index contributed by atoms with van der Waals surface area (Å²) in [7, 11) is 4.67. The molecule has 0 radical (unpaired) electrons. The zero-order chi connectivity index (χ0) is 16.5. The highest BCUT2D eigenvalue weighted by Gasteiger charge is 2.17. The van der Waals surface area contributed by atoms with Gasteiger partial charge in [0.05, 0.1) is 27.9 Å². The molecule has 1 unspecified atom stereocenters. The largest absolute Gasteiger partial charge is 0.493 e. The van der Waals surface area contributed by atoms with Crippen LogP contribution in [0.25, 0.3) is 0 Å². The van der Waals surface area contributed by atoms with Gasteiger partial charge in [-0.05, 0) is 43.9 Å². The second-order valence-corrected chi connectivity index (χ2v) is 4.69. The third-order valence-corrected chi connectivity index (χ3v) is 3.23. The lowest BCUT2D eigenvalue weighted by Crippen LogP contribution is -2.23. The van der Waals surface area contributed by atoms with Crippen molar-refractivity contribution in [2.24, 2.45) is 0 Å². The van der Waals surface area contributed by atoms with Crippen molar-refractivity contribution in [3.05, 3.63) is 17.7 Å². The maximum absolute atomic E-state index is 11.3. The summed E-state index contributed by atoms with van der Waals surface area (Å²) in [5.41, 5.74) is 0.977. The van der Waals surface area contributed by atoms with Gasteiger partial charge in [-0.1, -0.05) is 0 Å². The van der Waals surface area contributed by atoms with Gasteiger partial charge >= 0.3 is 5.97 Å². The zero-order valence-electron chi connectivity index (χ0n) is 13.5. The van der Waals surface area contributed by atoms with Crippen LogP contribution in [-0.4, -0.2) is 45.1 Å². The minimum atomic E-state index is -1.08. The summed E-state index contributed by atoms with van der Waals surface area (Å²) in [6.07, 6.45) is 0.573. The number of carbonyl (C=O) groups excluding carboxylic acids is 1. The Hall–Kier alpha value is -1.95. The predicted octanol–water partition coefficient (Wildman–Crippen LogP) is 1.96. The van der Waals surface area contributed by atoms with Crippen LogP contribution in [0.1, 0.15) is 25.3 Å². The van der Waals surface area contributed by atoms with E-state index in [0.717, 1.165) is 5.56 Å². The molecule has 0 aromatic heterocycles. The molecule has 0 spiro atoms. The molecule has 0 fully saturated rings. The quantitative estimate of drug-likeness (QED) is 0.703. The van der Waals surface area contributed by atoms with E-state index in [1.54, 1.807) is 28.3 Å². The first kappa shape index (κ1) is 18.1. The number of aliphatic hydroxyl groups is 1. The fourth-order valence-corrected chi connectivity index (χ4v) is 2.14. The third-order valence-electron chi connectivity index (χ3n) is 3.23. The first-order chi connectivity index (χ1) is 10.6. The first-order valence-corrected chi connectivity index (χ1v) is 7.20. The predicted molar refractivity (Wildman–Crippen MR) is 81.7 cm³/mol. The summed E-state index contributed by atoms with van der Waals surface area (Å²) in [5.74, 6) is 1.14. The van der Waals surface area contributed by atoms with E-state index in [9.17, 15) is 9.90 Å².